The van der Waals surface area contributed by atoms with Crippen LogP contribution in [0.5, 0.6) is 0 Å². The second-order valence-corrected chi connectivity index (χ2v) is 12.0. The number of benzene rings is 1. The van der Waals surface area contributed by atoms with Crippen molar-refractivity contribution >= 4 is 44.8 Å². The molecule has 198 valence electrons. The number of hydrogen-bond donors (Lipinski definition) is 3. The highest BCUT2D eigenvalue weighted by molar-refractivity contribution is 7.18. The Kier molecular flexibility index (Phi) is 9.68. The average Bonchev–Trinajstić information content (AvgIpc) is 3.20. The molecule has 3 rings (SSSR count). The summed E-state index contributed by atoms with van der Waals surface area (Å²) in [4.78, 5) is 31.0. The van der Waals surface area contributed by atoms with E-state index in [9.17, 15) is 19.8 Å². The van der Waals surface area contributed by atoms with E-state index in [1.165, 1.54) is 0 Å². The van der Waals surface area contributed by atoms with Crippen LogP contribution in [0.4, 0.5) is 0 Å². The van der Waals surface area contributed by atoms with Crippen LogP contribution >= 0.6 is 22.9 Å². The Balaban J connectivity index is 1.92. The molecule has 0 radical (unpaired) electrons. The van der Waals surface area contributed by atoms with Crippen molar-refractivity contribution in [3.63, 3.8) is 0 Å². The molecule has 2 heterocycles. The lowest BCUT2D eigenvalue weighted by Crippen LogP contribution is -2.47. The second-order valence-electron chi connectivity index (χ2n) is 10.3. The number of fused-ring (bicyclic) bond motifs is 1. The number of aliphatic hydroxyl groups is 2. The molecule has 0 saturated carbocycles. The van der Waals surface area contributed by atoms with Crippen LogP contribution in [0.15, 0.2) is 29.3 Å². The number of nitrogens with one attached hydrogen (secondary N) is 1. The SMILES string of the molecule is CC[C@H]1C(=O)C(C)(C)[C@H](O)CC(=O)N[C@H](c2ccc3sc(C)nc3c2)C/C=C(/Cl)COC[C@H](C)[C@@H]1O. The summed E-state index contributed by atoms with van der Waals surface area (Å²) in [6.45, 7) is 9.27. The smallest absolute Gasteiger partial charge is 0.223 e. The summed E-state index contributed by atoms with van der Waals surface area (Å²) in [7, 11) is 0. The zero-order valence-electron chi connectivity index (χ0n) is 21.6. The number of aliphatic hydroxyl groups excluding tert-OH is 2. The number of Topliss-reactive ketones (excluding diaryl/α,β-unsaturated/α-hetero) is 1. The maximum atomic E-state index is 13.4. The molecular weight excluding hydrogens is 500 g/mol. The van der Waals surface area contributed by atoms with Gasteiger partial charge in [-0.2, -0.15) is 0 Å². The molecule has 1 aliphatic heterocycles. The van der Waals surface area contributed by atoms with Crippen molar-refractivity contribution in [2.24, 2.45) is 17.3 Å². The third kappa shape index (κ3) is 6.72. The monoisotopic (exact) mass is 536 g/mol. The van der Waals surface area contributed by atoms with Crippen LogP contribution < -0.4 is 5.32 Å². The van der Waals surface area contributed by atoms with Gasteiger partial charge in [-0.15, -0.1) is 11.3 Å². The third-order valence-electron chi connectivity index (χ3n) is 7.07. The van der Waals surface area contributed by atoms with Gasteiger partial charge in [-0.25, -0.2) is 4.98 Å². The number of rotatable bonds is 2. The van der Waals surface area contributed by atoms with Crippen LogP contribution in [-0.2, 0) is 14.3 Å². The number of nitrogens with zero attached hydrogens (tertiary/aromatic N) is 1. The number of ketones is 1. The van der Waals surface area contributed by atoms with Crippen molar-refractivity contribution in [1.82, 2.24) is 10.3 Å². The molecule has 7 nitrogen and oxygen atoms in total. The predicted molar refractivity (Wildman–Crippen MR) is 143 cm³/mol. The summed E-state index contributed by atoms with van der Waals surface area (Å²) in [6, 6.07) is 5.50. The van der Waals surface area contributed by atoms with Gasteiger partial charge in [0.05, 0.1) is 58.5 Å². The van der Waals surface area contributed by atoms with E-state index < -0.39 is 29.6 Å². The predicted octanol–water partition coefficient (Wildman–Crippen LogP) is 4.67. The van der Waals surface area contributed by atoms with Crippen molar-refractivity contribution in [3.05, 3.63) is 39.9 Å². The van der Waals surface area contributed by atoms with E-state index in [1.54, 1.807) is 25.2 Å². The largest absolute Gasteiger partial charge is 0.392 e. The number of ether oxygens (including phenoxy) is 1. The van der Waals surface area contributed by atoms with E-state index >= 15 is 0 Å². The molecule has 0 fully saturated rings. The maximum Gasteiger partial charge on any atom is 0.223 e. The number of aromatic nitrogens is 1. The van der Waals surface area contributed by atoms with E-state index in [2.05, 4.69) is 10.3 Å². The maximum absolute atomic E-state index is 13.4. The van der Waals surface area contributed by atoms with Crippen LogP contribution in [-0.4, -0.2) is 52.3 Å². The van der Waals surface area contributed by atoms with E-state index in [-0.39, 0.29) is 37.2 Å². The Morgan fingerprint density at radius 3 is 2.69 bits per heavy atom. The number of aryl methyl sites for hydroxylation is 1. The van der Waals surface area contributed by atoms with E-state index in [1.807, 2.05) is 45.0 Å². The molecule has 0 unspecified atom stereocenters. The van der Waals surface area contributed by atoms with Crippen LogP contribution in [0.1, 0.15) is 63.6 Å². The highest BCUT2D eigenvalue weighted by atomic mass is 35.5. The van der Waals surface area contributed by atoms with Gasteiger partial charge >= 0.3 is 0 Å². The molecule has 9 heteroatoms. The van der Waals surface area contributed by atoms with Crippen LogP contribution in [0.3, 0.4) is 0 Å². The molecule has 0 bridgehead atoms. The van der Waals surface area contributed by atoms with Crippen molar-refractivity contribution in [2.75, 3.05) is 13.2 Å². The molecular formula is C27H37ClN2O5S. The lowest BCUT2D eigenvalue weighted by Gasteiger charge is -2.35. The van der Waals surface area contributed by atoms with Crippen molar-refractivity contribution in [3.8, 4) is 0 Å². The summed E-state index contributed by atoms with van der Waals surface area (Å²) >= 11 is 8.02. The normalized spacial score (nSPS) is 30.6. The lowest BCUT2D eigenvalue weighted by molar-refractivity contribution is -0.144. The van der Waals surface area contributed by atoms with E-state index in [4.69, 9.17) is 16.3 Å². The minimum atomic E-state index is -1.22. The number of amides is 1. The molecule has 0 aliphatic carbocycles. The van der Waals surface area contributed by atoms with Crippen molar-refractivity contribution in [1.29, 1.82) is 0 Å². The Labute approximate surface area is 221 Å². The minimum absolute atomic E-state index is 0.165. The van der Waals surface area contributed by atoms with Gasteiger partial charge in [-0.05, 0) is 37.5 Å². The zero-order valence-corrected chi connectivity index (χ0v) is 23.2. The van der Waals surface area contributed by atoms with Gasteiger partial charge < -0.3 is 20.3 Å². The fourth-order valence-electron chi connectivity index (χ4n) is 4.60. The molecule has 5 atom stereocenters. The molecule has 3 N–H and O–H groups in total. The second kappa shape index (κ2) is 12.1. The zero-order chi connectivity index (χ0) is 26.6. The van der Waals surface area contributed by atoms with E-state index in [0.29, 0.717) is 17.9 Å². The van der Waals surface area contributed by atoms with Crippen LogP contribution in [0.2, 0.25) is 0 Å². The summed E-state index contributed by atoms with van der Waals surface area (Å²) in [5.74, 6) is -1.64. The highest BCUT2D eigenvalue weighted by Crippen LogP contribution is 2.33. The summed E-state index contributed by atoms with van der Waals surface area (Å²) in [5.41, 5.74) is 0.517. The molecule has 2 aromatic rings. The van der Waals surface area contributed by atoms with Gasteiger partial charge in [0.2, 0.25) is 5.91 Å². The Morgan fingerprint density at radius 1 is 1.28 bits per heavy atom. The standard InChI is InChI=1S/C27H37ClN2O5S/c1-6-19-25(33)15(2)13-35-14-18(28)8-9-20(17-7-10-22-21(11-17)29-16(3)36-22)30-24(32)12-23(31)27(4,5)26(19)34/h7-8,10-11,15,19-20,23,25,31,33H,6,9,12-14H2,1-5H3,(H,30,32)/b18-8+/t15-,19+,20-,23+,25-/m0/s1. The number of carbonyl (C=O) groups excluding carboxylic acids is 2. The first-order valence-electron chi connectivity index (χ1n) is 12.4. The minimum Gasteiger partial charge on any atom is -0.392 e. The number of hydrogen-bond acceptors (Lipinski definition) is 7. The molecule has 0 saturated heterocycles. The van der Waals surface area contributed by atoms with Crippen LogP contribution in [0, 0.1) is 24.2 Å². The molecule has 1 amide bonds. The highest BCUT2D eigenvalue weighted by Gasteiger charge is 2.43. The first-order chi connectivity index (χ1) is 16.9. The fourth-order valence-corrected chi connectivity index (χ4v) is 5.58. The summed E-state index contributed by atoms with van der Waals surface area (Å²) in [5, 5.41) is 26.3. The van der Waals surface area contributed by atoms with Gasteiger partial charge in [0.15, 0.2) is 0 Å². The lowest BCUT2D eigenvalue weighted by atomic mass is 9.72. The van der Waals surface area contributed by atoms with Gasteiger partial charge in [-0.3, -0.25) is 9.59 Å². The van der Waals surface area contributed by atoms with E-state index in [0.717, 1.165) is 20.8 Å². The van der Waals surface area contributed by atoms with Gasteiger partial charge in [0.1, 0.15) is 5.78 Å². The quantitative estimate of drug-likeness (QED) is 0.514. The first-order valence-corrected chi connectivity index (χ1v) is 13.6. The van der Waals surface area contributed by atoms with Crippen molar-refractivity contribution in [2.45, 2.75) is 72.1 Å². The summed E-state index contributed by atoms with van der Waals surface area (Å²) < 4.78 is 6.80. The first kappa shape index (κ1) is 28.7. The average molecular weight is 537 g/mol. The number of halogens is 1. The molecule has 0 spiro atoms. The molecule has 36 heavy (non-hydrogen) atoms. The topological polar surface area (TPSA) is 109 Å². The van der Waals surface area contributed by atoms with Gasteiger partial charge in [0, 0.05) is 16.9 Å². The fraction of sp³-hybridized carbons (Fsp3) is 0.593. The Hall–Kier alpha value is -1.84. The summed E-state index contributed by atoms with van der Waals surface area (Å²) in [6.07, 6.45) is 0.247. The van der Waals surface area contributed by atoms with Crippen molar-refractivity contribution < 1.29 is 24.5 Å². The molecule has 1 aromatic heterocycles. The number of carbonyl (C=O) groups is 2. The van der Waals surface area contributed by atoms with Crippen LogP contribution in [0.25, 0.3) is 10.2 Å². The molecule has 1 aromatic carbocycles. The van der Waals surface area contributed by atoms with Gasteiger partial charge in [0.25, 0.3) is 0 Å². The Bertz CT molecular complexity index is 1110. The van der Waals surface area contributed by atoms with Gasteiger partial charge in [-0.1, -0.05) is 51.4 Å². The molecule has 1 aliphatic rings. The number of thiazole rings is 1. The Morgan fingerprint density at radius 2 is 2.00 bits per heavy atom. The third-order valence-corrected chi connectivity index (χ3v) is 8.29.